The summed E-state index contributed by atoms with van der Waals surface area (Å²) in [7, 11) is 0. The lowest BCUT2D eigenvalue weighted by Gasteiger charge is -2.29. The van der Waals surface area contributed by atoms with Crippen molar-refractivity contribution in [3.63, 3.8) is 0 Å². The zero-order valence-corrected chi connectivity index (χ0v) is 19.8. The second-order valence-electron chi connectivity index (χ2n) is 7.17. The summed E-state index contributed by atoms with van der Waals surface area (Å²) in [6, 6.07) is 8.64. The number of aliphatic carboxylic acids is 1. The summed E-state index contributed by atoms with van der Waals surface area (Å²) >= 11 is 5.67. The van der Waals surface area contributed by atoms with Crippen molar-refractivity contribution in [2.24, 2.45) is 5.92 Å². The fraction of sp³-hybridized carbons (Fsp3) is 0.571. The van der Waals surface area contributed by atoms with Crippen LogP contribution in [0.3, 0.4) is 0 Å². The Morgan fingerprint density at radius 3 is 2.17 bits per heavy atom. The standard InChI is InChI=1S/C19H28N2O4S2.C2H6/c1-12(2)15(26)16(22)21-19(3,4)18(25)20-14(17(23)24)11-27-10-13-8-6-5-7-9-13;1-2/h5-9,12,14-15,26H,10-11H2,1-4H3,(H,20,25)(H,21,22)(H,23,24);1-2H3/t14-,15?;/m0./s1. The number of carboxylic acids is 1. The molecule has 0 bridgehead atoms. The Hall–Kier alpha value is -1.67. The molecule has 0 aliphatic heterocycles. The molecule has 0 radical (unpaired) electrons. The highest BCUT2D eigenvalue weighted by atomic mass is 32.2. The number of carbonyl (C=O) groups is 3. The predicted molar refractivity (Wildman–Crippen MR) is 123 cm³/mol. The maximum Gasteiger partial charge on any atom is 0.327 e. The number of hydrogen-bond acceptors (Lipinski definition) is 5. The summed E-state index contributed by atoms with van der Waals surface area (Å²) in [5.41, 5.74) is -0.163. The summed E-state index contributed by atoms with van der Waals surface area (Å²) < 4.78 is 0. The van der Waals surface area contributed by atoms with Gasteiger partial charge >= 0.3 is 5.97 Å². The van der Waals surface area contributed by atoms with E-state index < -0.39 is 28.7 Å². The molecule has 1 aromatic rings. The average Bonchev–Trinajstić information content (AvgIpc) is 2.68. The van der Waals surface area contributed by atoms with Gasteiger partial charge in [0.2, 0.25) is 11.8 Å². The van der Waals surface area contributed by atoms with Crippen molar-refractivity contribution in [1.82, 2.24) is 10.6 Å². The molecule has 2 atom stereocenters. The van der Waals surface area contributed by atoms with E-state index in [4.69, 9.17) is 0 Å². The minimum atomic E-state index is -1.25. The van der Waals surface area contributed by atoms with Crippen LogP contribution in [0.5, 0.6) is 0 Å². The van der Waals surface area contributed by atoms with Crippen LogP contribution in [-0.4, -0.2) is 45.5 Å². The molecule has 8 heteroatoms. The molecule has 0 fully saturated rings. The van der Waals surface area contributed by atoms with E-state index in [0.717, 1.165) is 5.56 Å². The second-order valence-corrected chi connectivity index (χ2v) is 8.75. The predicted octanol–water partition coefficient (Wildman–Crippen LogP) is 3.36. The number of nitrogens with one attached hydrogen (secondary N) is 2. The van der Waals surface area contributed by atoms with Crippen LogP contribution in [0.2, 0.25) is 0 Å². The van der Waals surface area contributed by atoms with Crippen molar-refractivity contribution < 1.29 is 19.5 Å². The van der Waals surface area contributed by atoms with Crippen molar-refractivity contribution in [1.29, 1.82) is 0 Å². The van der Waals surface area contributed by atoms with E-state index in [1.807, 2.05) is 58.0 Å². The lowest BCUT2D eigenvalue weighted by atomic mass is 10.0. The number of thioether (sulfide) groups is 1. The largest absolute Gasteiger partial charge is 0.480 e. The molecule has 1 rings (SSSR count). The molecule has 1 aromatic carbocycles. The number of carboxylic acid groups (broad SMARTS) is 1. The van der Waals surface area contributed by atoms with Crippen molar-refractivity contribution in [3.8, 4) is 0 Å². The third-order valence-corrected chi connectivity index (χ3v) is 5.84. The van der Waals surface area contributed by atoms with Gasteiger partial charge in [0.05, 0.1) is 5.25 Å². The molecule has 0 aliphatic carbocycles. The molecular formula is C21H34N2O4S2. The SMILES string of the molecule is CC.CC(C)C(S)C(=O)NC(C)(C)C(=O)N[C@@H](CSCc1ccccc1)C(=O)O. The third kappa shape index (κ3) is 10.1. The van der Waals surface area contributed by atoms with Gasteiger partial charge in [-0.2, -0.15) is 24.4 Å². The summed E-state index contributed by atoms with van der Waals surface area (Å²) in [4.78, 5) is 36.2. The van der Waals surface area contributed by atoms with E-state index in [2.05, 4.69) is 23.3 Å². The van der Waals surface area contributed by atoms with Crippen LogP contribution in [0.15, 0.2) is 30.3 Å². The molecule has 0 aliphatic rings. The van der Waals surface area contributed by atoms with Crippen LogP contribution in [0, 0.1) is 5.92 Å². The molecule has 0 aromatic heterocycles. The highest BCUT2D eigenvalue weighted by molar-refractivity contribution is 7.98. The van der Waals surface area contributed by atoms with Crippen LogP contribution < -0.4 is 10.6 Å². The first-order valence-electron chi connectivity index (χ1n) is 9.70. The summed E-state index contributed by atoms with van der Waals surface area (Å²) in [6.07, 6.45) is 0. The normalized spacial score (nSPS) is 13.0. The number of carbonyl (C=O) groups excluding carboxylic acids is 2. The molecule has 1 unspecified atom stereocenters. The Labute approximate surface area is 184 Å². The molecule has 0 heterocycles. The number of amides is 2. The molecule has 164 valence electrons. The van der Waals surface area contributed by atoms with Crippen LogP contribution >= 0.6 is 24.4 Å². The first-order valence-corrected chi connectivity index (χ1v) is 11.4. The number of rotatable bonds is 10. The topological polar surface area (TPSA) is 95.5 Å². The minimum Gasteiger partial charge on any atom is -0.480 e. The Bertz CT molecular complexity index is 651. The third-order valence-electron chi connectivity index (χ3n) is 3.90. The van der Waals surface area contributed by atoms with Gasteiger partial charge < -0.3 is 15.7 Å². The van der Waals surface area contributed by atoms with Crippen LogP contribution in [-0.2, 0) is 20.1 Å². The smallest absolute Gasteiger partial charge is 0.327 e. The molecule has 3 N–H and O–H groups in total. The van der Waals surface area contributed by atoms with Gasteiger partial charge in [0.15, 0.2) is 0 Å². The van der Waals surface area contributed by atoms with Gasteiger partial charge in [0.1, 0.15) is 11.6 Å². The van der Waals surface area contributed by atoms with Gasteiger partial charge in [-0.25, -0.2) is 4.79 Å². The Morgan fingerprint density at radius 2 is 1.69 bits per heavy atom. The van der Waals surface area contributed by atoms with Crippen molar-refractivity contribution in [2.45, 2.75) is 64.1 Å². The molecule has 0 saturated heterocycles. The molecule has 2 amide bonds. The zero-order chi connectivity index (χ0) is 22.6. The van der Waals surface area contributed by atoms with Crippen LogP contribution in [0.25, 0.3) is 0 Å². The first-order chi connectivity index (χ1) is 13.5. The van der Waals surface area contributed by atoms with Crippen LogP contribution in [0.1, 0.15) is 47.1 Å². The fourth-order valence-corrected chi connectivity index (χ4v) is 3.20. The lowest BCUT2D eigenvalue weighted by molar-refractivity contribution is -0.142. The van der Waals surface area contributed by atoms with E-state index in [1.54, 1.807) is 0 Å². The van der Waals surface area contributed by atoms with E-state index in [-0.39, 0.29) is 17.6 Å². The first kappa shape index (κ1) is 27.3. The quantitative estimate of drug-likeness (QED) is 0.417. The van der Waals surface area contributed by atoms with Gasteiger partial charge in [-0.05, 0) is 25.3 Å². The Morgan fingerprint density at radius 1 is 1.14 bits per heavy atom. The van der Waals surface area contributed by atoms with Gasteiger partial charge in [-0.15, -0.1) is 0 Å². The fourth-order valence-electron chi connectivity index (χ4n) is 2.12. The highest BCUT2D eigenvalue weighted by Crippen LogP contribution is 2.15. The monoisotopic (exact) mass is 442 g/mol. The van der Waals surface area contributed by atoms with Crippen molar-refractivity contribution in [2.75, 3.05) is 5.75 Å². The Balaban J connectivity index is 0.00000379. The number of thiol groups is 1. The van der Waals surface area contributed by atoms with E-state index in [1.165, 1.54) is 25.6 Å². The van der Waals surface area contributed by atoms with Gasteiger partial charge in [-0.1, -0.05) is 58.0 Å². The number of benzene rings is 1. The van der Waals surface area contributed by atoms with Crippen molar-refractivity contribution >= 4 is 42.2 Å². The molecular weight excluding hydrogens is 408 g/mol. The maximum atomic E-state index is 12.5. The summed E-state index contributed by atoms with van der Waals surface area (Å²) in [6.45, 7) is 10.8. The maximum absolute atomic E-state index is 12.5. The lowest BCUT2D eigenvalue weighted by Crippen LogP contribution is -2.59. The Kier molecular flexibility index (Phi) is 12.8. The van der Waals surface area contributed by atoms with Gasteiger partial charge in [-0.3, -0.25) is 9.59 Å². The van der Waals surface area contributed by atoms with Crippen molar-refractivity contribution in [3.05, 3.63) is 35.9 Å². The average molecular weight is 443 g/mol. The van der Waals surface area contributed by atoms with Crippen LogP contribution in [0.4, 0.5) is 0 Å². The van der Waals surface area contributed by atoms with E-state index >= 15 is 0 Å². The molecule has 29 heavy (non-hydrogen) atoms. The van der Waals surface area contributed by atoms with Gasteiger partial charge in [0, 0.05) is 11.5 Å². The molecule has 0 saturated carbocycles. The van der Waals surface area contributed by atoms with Gasteiger partial charge in [0.25, 0.3) is 0 Å². The zero-order valence-electron chi connectivity index (χ0n) is 18.1. The van der Waals surface area contributed by atoms with E-state index in [0.29, 0.717) is 5.75 Å². The summed E-state index contributed by atoms with van der Waals surface area (Å²) in [5.74, 6) is -1.14. The molecule has 6 nitrogen and oxygen atoms in total. The minimum absolute atomic E-state index is 0.00773. The second kappa shape index (κ2) is 13.5. The summed E-state index contributed by atoms with van der Waals surface area (Å²) in [5, 5.41) is 14.0. The van der Waals surface area contributed by atoms with E-state index in [9.17, 15) is 19.5 Å². The molecule has 0 spiro atoms. The highest BCUT2D eigenvalue weighted by Gasteiger charge is 2.34. The number of hydrogen-bond donors (Lipinski definition) is 4.